The Morgan fingerprint density at radius 2 is 1.87 bits per heavy atom. The Hall–Kier alpha value is -1.76. The number of aryl methyl sites for hydroxylation is 1. The summed E-state index contributed by atoms with van der Waals surface area (Å²) in [6.07, 6.45) is 2.52. The molecule has 2 rings (SSSR count). The first-order valence-electron chi connectivity index (χ1n) is 5.13. The molecule has 0 radical (unpaired) electrons. The molecule has 15 heavy (non-hydrogen) atoms. The summed E-state index contributed by atoms with van der Waals surface area (Å²) in [5, 5.41) is 2.46. The van der Waals surface area contributed by atoms with E-state index in [0.717, 1.165) is 12.2 Å². The van der Waals surface area contributed by atoms with Gasteiger partial charge in [-0.1, -0.05) is 37.8 Å². The van der Waals surface area contributed by atoms with Crippen LogP contribution in [-0.2, 0) is 6.42 Å². The van der Waals surface area contributed by atoms with Crippen LogP contribution in [-0.4, -0.2) is 0 Å². The molecular formula is C14H14O. The third-order valence-electron chi connectivity index (χ3n) is 2.50. The van der Waals surface area contributed by atoms with Gasteiger partial charge in [-0.05, 0) is 34.9 Å². The zero-order chi connectivity index (χ0) is 10.7. The molecule has 0 fully saturated rings. The normalized spacial score (nSPS) is 10.2. The van der Waals surface area contributed by atoms with Gasteiger partial charge in [0.2, 0.25) is 0 Å². The van der Waals surface area contributed by atoms with Crippen LogP contribution in [0.1, 0.15) is 12.5 Å². The van der Waals surface area contributed by atoms with E-state index >= 15 is 0 Å². The van der Waals surface area contributed by atoms with E-state index in [1.165, 1.54) is 22.6 Å². The van der Waals surface area contributed by atoms with Crippen molar-refractivity contribution in [1.82, 2.24) is 0 Å². The van der Waals surface area contributed by atoms with E-state index in [9.17, 15) is 0 Å². The lowest BCUT2D eigenvalue weighted by atomic mass is 10.1. The Morgan fingerprint density at radius 3 is 2.60 bits per heavy atom. The molecule has 0 heterocycles. The molecule has 76 valence electrons. The average Bonchev–Trinajstić information content (AvgIpc) is 2.29. The molecule has 0 aliphatic carbocycles. The molecule has 0 aliphatic rings. The molecular weight excluding hydrogens is 184 g/mol. The molecule has 0 spiro atoms. The van der Waals surface area contributed by atoms with E-state index in [1.54, 1.807) is 0 Å². The van der Waals surface area contributed by atoms with Crippen molar-refractivity contribution in [2.24, 2.45) is 0 Å². The number of rotatable bonds is 3. The fourth-order valence-electron chi connectivity index (χ4n) is 1.66. The number of ether oxygens (including phenoxy) is 1. The second kappa shape index (κ2) is 4.18. The predicted octanol–water partition coefficient (Wildman–Crippen LogP) is 3.92. The average molecular weight is 198 g/mol. The maximum absolute atomic E-state index is 5.23. The lowest BCUT2D eigenvalue weighted by molar-refractivity contribution is 0.484. The summed E-state index contributed by atoms with van der Waals surface area (Å²) in [5.74, 6) is 0.835. The topological polar surface area (TPSA) is 9.23 Å². The summed E-state index contributed by atoms with van der Waals surface area (Å²) < 4.78 is 5.23. The van der Waals surface area contributed by atoms with Crippen LogP contribution in [0.5, 0.6) is 5.75 Å². The van der Waals surface area contributed by atoms with Crippen LogP contribution < -0.4 is 4.74 Å². The van der Waals surface area contributed by atoms with Crippen molar-refractivity contribution in [1.29, 1.82) is 0 Å². The largest absolute Gasteiger partial charge is 0.466 e. The van der Waals surface area contributed by atoms with Crippen LogP contribution in [0.25, 0.3) is 10.8 Å². The third kappa shape index (κ3) is 2.01. The van der Waals surface area contributed by atoms with Crippen molar-refractivity contribution in [3.63, 3.8) is 0 Å². The Labute approximate surface area is 90.0 Å². The smallest absolute Gasteiger partial charge is 0.127 e. The van der Waals surface area contributed by atoms with Crippen molar-refractivity contribution >= 4 is 10.8 Å². The highest BCUT2D eigenvalue weighted by Gasteiger charge is 1.97. The van der Waals surface area contributed by atoms with Gasteiger partial charge in [0.1, 0.15) is 5.75 Å². The van der Waals surface area contributed by atoms with Gasteiger partial charge in [0.25, 0.3) is 0 Å². The molecule has 0 aromatic heterocycles. The van der Waals surface area contributed by atoms with E-state index in [4.69, 9.17) is 4.74 Å². The fraction of sp³-hybridized carbons (Fsp3) is 0.143. The number of hydrogen-bond donors (Lipinski definition) is 0. The summed E-state index contributed by atoms with van der Waals surface area (Å²) in [7, 11) is 0. The molecule has 1 heteroatoms. The maximum atomic E-state index is 5.23. The second-order valence-corrected chi connectivity index (χ2v) is 3.48. The second-order valence-electron chi connectivity index (χ2n) is 3.48. The van der Waals surface area contributed by atoms with E-state index in [2.05, 4.69) is 37.8 Å². The minimum Gasteiger partial charge on any atom is -0.466 e. The van der Waals surface area contributed by atoms with Gasteiger partial charge in [-0.2, -0.15) is 0 Å². The Morgan fingerprint density at radius 1 is 1.13 bits per heavy atom. The van der Waals surface area contributed by atoms with Crippen molar-refractivity contribution in [3.05, 3.63) is 54.8 Å². The van der Waals surface area contributed by atoms with E-state index in [0.29, 0.717) is 0 Å². The Kier molecular flexibility index (Phi) is 2.72. The monoisotopic (exact) mass is 198 g/mol. The zero-order valence-electron chi connectivity index (χ0n) is 8.86. The maximum Gasteiger partial charge on any atom is 0.127 e. The lowest BCUT2D eigenvalue weighted by Gasteiger charge is -2.04. The molecule has 0 N–H and O–H groups in total. The van der Waals surface area contributed by atoms with Crippen LogP contribution in [0.15, 0.2) is 49.2 Å². The number of hydrogen-bond acceptors (Lipinski definition) is 1. The lowest BCUT2D eigenvalue weighted by Crippen LogP contribution is -1.83. The van der Waals surface area contributed by atoms with Gasteiger partial charge in [-0.15, -0.1) is 0 Å². The first-order chi connectivity index (χ1) is 7.33. The third-order valence-corrected chi connectivity index (χ3v) is 2.50. The highest BCUT2D eigenvalue weighted by atomic mass is 16.5. The van der Waals surface area contributed by atoms with E-state index in [1.807, 2.05) is 12.1 Å². The molecule has 0 bridgehead atoms. The van der Waals surface area contributed by atoms with Crippen LogP contribution in [0, 0.1) is 0 Å². The van der Waals surface area contributed by atoms with Crippen molar-refractivity contribution in [2.75, 3.05) is 0 Å². The predicted molar refractivity (Wildman–Crippen MR) is 64.2 cm³/mol. The Balaban J connectivity index is 2.49. The van der Waals surface area contributed by atoms with Crippen molar-refractivity contribution < 1.29 is 4.74 Å². The van der Waals surface area contributed by atoms with Crippen LogP contribution >= 0.6 is 0 Å². The minimum absolute atomic E-state index is 0.835. The van der Waals surface area contributed by atoms with E-state index in [-0.39, 0.29) is 0 Å². The quantitative estimate of drug-likeness (QED) is 0.679. The van der Waals surface area contributed by atoms with Gasteiger partial charge in [0.15, 0.2) is 0 Å². The first kappa shape index (κ1) is 9.78. The molecule has 0 aliphatic heterocycles. The van der Waals surface area contributed by atoms with Gasteiger partial charge in [0.05, 0.1) is 6.26 Å². The van der Waals surface area contributed by atoms with Crippen LogP contribution in [0.2, 0.25) is 0 Å². The highest BCUT2D eigenvalue weighted by Crippen LogP contribution is 2.22. The van der Waals surface area contributed by atoms with Crippen molar-refractivity contribution in [3.8, 4) is 5.75 Å². The van der Waals surface area contributed by atoms with E-state index < -0.39 is 0 Å². The number of fused-ring (bicyclic) bond motifs is 1. The minimum atomic E-state index is 0.835. The van der Waals surface area contributed by atoms with Gasteiger partial charge in [0, 0.05) is 0 Å². The highest BCUT2D eigenvalue weighted by molar-refractivity contribution is 5.84. The molecule has 0 saturated heterocycles. The molecule has 0 atom stereocenters. The SMILES string of the molecule is C=COc1ccc2cc(CC)ccc2c1. The van der Waals surface area contributed by atoms with Gasteiger partial charge in [-0.25, -0.2) is 0 Å². The fourth-order valence-corrected chi connectivity index (χ4v) is 1.66. The number of benzene rings is 2. The van der Waals surface area contributed by atoms with Crippen LogP contribution in [0.4, 0.5) is 0 Å². The molecule has 0 amide bonds. The van der Waals surface area contributed by atoms with Gasteiger partial charge < -0.3 is 4.74 Å². The summed E-state index contributed by atoms with van der Waals surface area (Å²) in [6, 6.07) is 12.6. The summed E-state index contributed by atoms with van der Waals surface area (Å²) in [5.41, 5.74) is 1.36. The van der Waals surface area contributed by atoms with Crippen LogP contribution in [0.3, 0.4) is 0 Å². The molecule has 0 unspecified atom stereocenters. The standard InChI is InChI=1S/C14H14O/c1-3-11-5-6-13-10-14(15-4-2)8-7-12(13)9-11/h4-10H,2-3H2,1H3. The molecule has 2 aromatic rings. The first-order valence-corrected chi connectivity index (χ1v) is 5.13. The van der Waals surface area contributed by atoms with Crippen molar-refractivity contribution in [2.45, 2.75) is 13.3 Å². The molecule has 2 aromatic carbocycles. The Bertz CT molecular complexity index is 486. The molecule has 1 nitrogen and oxygen atoms in total. The van der Waals surface area contributed by atoms with Gasteiger partial charge >= 0.3 is 0 Å². The van der Waals surface area contributed by atoms with Gasteiger partial charge in [-0.3, -0.25) is 0 Å². The summed E-state index contributed by atoms with van der Waals surface area (Å²) >= 11 is 0. The zero-order valence-corrected chi connectivity index (χ0v) is 8.86. The summed E-state index contributed by atoms with van der Waals surface area (Å²) in [6.45, 7) is 5.70. The molecule has 0 saturated carbocycles. The summed E-state index contributed by atoms with van der Waals surface area (Å²) in [4.78, 5) is 0.